The van der Waals surface area contributed by atoms with Crippen LogP contribution in [0.4, 0.5) is 0 Å². The zero-order chi connectivity index (χ0) is 12.3. The van der Waals surface area contributed by atoms with Gasteiger partial charge in [0.15, 0.2) is 0 Å². The van der Waals surface area contributed by atoms with Gasteiger partial charge in [-0.05, 0) is 43.4 Å². The van der Waals surface area contributed by atoms with Gasteiger partial charge in [0.2, 0.25) is 0 Å². The van der Waals surface area contributed by atoms with Crippen molar-refractivity contribution in [2.45, 2.75) is 50.9 Å². The van der Waals surface area contributed by atoms with E-state index < -0.39 is 6.10 Å². The van der Waals surface area contributed by atoms with E-state index in [9.17, 15) is 5.11 Å². The van der Waals surface area contributed by atoms with Crippen molar-refractivity contribution in [3.05, 3.63) is 29.8 Å². The van der Waals surface area contributed by atoms with Gasteiger partial charge in [-0.25, -0.2) is 0 Å². The van der Waals surface area contributed by atoms with Gasteiger partial charge in [0, 0.05) is 6.04 Å². The second-order valence-corrected chi connectivity index (χ2v) is 4.79. The van der Waals surface area contributed by atoms with Crippen LogP contribution in [0, 0.1) is 0 Å². The third-order valence-corrected chi connectivity index (χ3v) is 3.41. The van der Waals surface area contributed by atoms with Gasteiger partial charge in [-0.2, -0.15) is 0 Å². The van der Waals surface area contributed by atoms with E-state index in [2.05, 4.69) is 19.1 Å². The van der Waals surface area contributed by atoms with Crippen molar-refractivity contribution in [3.63, 3.8) is 0 Å². The quantitative estimate of drug-likeness (QED) is 0.841. The monoisotopic (exact) mass is 235 g/mol. The third-order valence-electron chi connectivity index (χ3n) is 3.41. The number of aliphatic hydroxyl groups excluding tert-OH is 1. The molecule has 3 N–H and O–H groups in total. The first kappa shape index (κ1) is 12.4. The van der Waals surface area contributed by atoms with Crippen LogP contribution in [-0.4, -0.2) is 23.4 Å². The molecule has 0 aliphatic heterocycles. The molecule has 1 aromatic rings. The van der Waals surface area contributed by atoms with Gasteiger partial charge >= 0.3 is 0 Å². The summed E-state index contributed by atoms with van der Waals surface area (Å²) >= 11 is 0. The molecule has 3 heteroatoms. The Morgan fingerprint density at radius 3 is 2.59 bits per heavy atom. The fraction of sp³-hybridized carbons (Fsp3) is 0.571. The molecule has 3 nitrogen and oxygen atoms in total. The molecule has 1 aromatic carbocycles. The molecule has 3 unspecified atom stereocenters. The smallest absolute Gasteiger partial charge is 0.125 e. The lowest BCUT2D eigenvalue weighted by Crippen LogP contribution is -2.42. The average molecular weight is 235 g/mol. The summed E-state index contributed by atoms with van der Waals surface area (Å²) in [5.74, 6) is 0.835. The van der Waals surface area contributed by atoms with Crippen LogP contribution in [0.2, 0.25) is 0 Å². The summed E-state index contributed by atoms with van der Waals surface area (Å²) in [6.45, 7) is 2.13. The Morgan fingerprint density at radius 1 is 1.29 bits per heavy atom. The molecular formula is C14H21NO2. The highest BCUT2D eigenvalue weighted by atomic mass is 16.5. The molecular weight excluding hydrogens is 214 g/mol. The van der Waals surface area contributed by atoms with Gasteiger partial charge in [-0.15, -0.1) is 0 Å². The van der Waals surface area contributed by atoms with Gasteiger partial charge in [0.1, 0.15) is 11.9 Å². The van der Waals surface area contributed by atoms with Gasteiger partial charge < -0.3 is 15.6 Å². The molecule has 94 valence electrons. The van der Waals surface area contributed by atoms with Crippen LogP contribution in [0.5, 0.6) is 5.75 Å². The Hall–Kier alpha value is -1.06. The lowest BCUT2D eigenvalue weighted by molar-refractivity contribution is 0.00120. The van der Waals surface area contributed by atoms with Crippen molar-refractivity contribution in [3.8, 4) is 5.75 Å². The normalized spacial score (nSPS) is 29.0. The van der Waals surface area contributed by atoms with Crippen LogP contribution in [0.15, 0.2) is 24.3 Å². The molecule has 0 bridgehead atoms. The topological polar surface area (TPSA) is 55.5 Å². The molecule has 1 fully saturated rings. The lowest BCUT2D eigenvalue weighted by atomic mass is 9.91. The first-order chi connectivity index (χ1) is 8.19. The Bertz CT molecular complexity index is 350. The summed E-state index contributed by atoms with van der Waals surface area (Å²) < 4.78 is 5.81. The molecule has 0 heterocycles. The predicted octanol–water partition coefficient (Wildman–Crippen LogP) is 1.87. The maximum absolute atomic E-state index is 9.90. The molecule has 3 atom stereocenters. The fourth-order valence-corrected chi connectivity index (χ4v) is 2.27. The van der Waals surface area contributed by atoms with E-state index in [1.807, 2.05) is 12.1 Å². The SMILES string of the molecule is CCc1ccc(OC2CCC(N)CC2O)cc1. The number of nitrogens with two attached hydrogens (primary N) is 1. The molecule has 0 spiro atoms. The average Bonchev–Trinajstić information content (AvgIpc) is 2.34. The Labute approximate surface area is 103 Å². The molecule has 2 rings (SSSR count). The highest BCUT2D eigenvalue weighted by Crippen LogP contribution is 2.23. The Morgan fingerprint density at radius 2 is 2.00 bits per heavy atom. The third kappa shape index (κ3) is 3.20. The maximum Gasteiger partial charge on any atom is 0.125 e. The Kier molecular flexibility index (Phi) is 4.02. The van der Waals surface area contributed by atoms with Gasteiger partial charge in [-0.1, -0.05) is 19.1 Å². The van der Waals surface area contributed by atoms with Gasteiger partial charge in [-0.3, -0.25) is 0 Å². The second kappa shape index (κ2) is 5.52. The minimum Gasteiger partial charge on any atom is -0.488 e. The number of ether oxygens (including phenoxy) is 1. The highest BCUT2D eigenvalue weighted by Gasteiger charge is 2.28. The number of hydrogen-bond donors (Lipinski definition) is 2. The second-order valence-electron chi connectivity index (χ2n) is 4.79. The lowest BCUT2D eigenvalue weighted by Gasteiger charge is -2.31. The van der Waals surface area contributed by atoms with Gasteiger partial charge in [0.05, 0.1) is 6.10 Å². The molecule has 1 saturated carbocycles. The van der Waals surface area contributed by atoms with E-state index in [1.54, 1.807) is 0 Å². The van der Waals surface area contributed by atoms with Crippen LogP contribution >= 0.6 is 0 Å². The fourth-order valence-electron chi connectivity index (χ4n) is 2.27. The van der Waals surface area contributed by atoms with Crippen molar-refractivity contribution in [1.82, 2.24) is 0 Å². The standard InChI is InChI=1S/C14H21NO2/c1-2-10-3-6-12(7-4-10)17-14-8-5-11(15)9-13(14)16/h3-4,6-7,11,13-14,16H,2,5,8-9,15H2,1H3. The zero-order valence-corrected chi connectivity index (χ0v) is 10.3. The zero-order valence-electron chi connectivity index (χ0n) is 10.3. The summed E-state index contributed by atoms with van der Waals surface area (Å²) in [6.07, 6.45) is 2.87. The molecule has 0 aromatic heterocycles. The number of aryl methyl sites for hydroxylation is 1. The number of benzene rings is 1. The van der Waals surface area contributed by atoms with Crippen LogP contribution < -0.4 is 10.5 Å². The summed E-state index contributed by atoms with van der Waals surface area (Å²) in [4.78, 5) is 0. The van der Waals surface area contributed by atoms with Crippen LogP contribution in [0.1, 0.15) is 31.7 Å². The summed E-state index contributed by atoms with van der Waals surface area (Å²) in [5.41, 5.74) is 7.10. The van der Waals surface area contributed by atoms with Crippen molar-refractivity contribution in [2.24, 2.45) is 5.73 Å². The van der Waals surface area contributed by atoms with Crippen LogP contribution in [-0.2, 0) is 6.42 Å². The number of aliphatic hydroxyl groups is 1. The minimum atomic E-state index is -0.440. The molecule has 0 amide bonds. The number of rotatable bonds is 3. The van der Waals surface area contributed by atoms with Crippen molar-refractivity contribution in [2.75, 3.05) is 0 Å². The minimum absolute atomic E-state index is 0.109. The van der Waals surface area contributed by atoms with Crippen molar-refractivity contribution < 1.29 is 9.84 Å². The predicted molar refractivity (Wildman–Crippen MR) is 68.1 cm³/mol. The first-order valence-electron chi connectivity index (χ1n) is 6.38. The molecule has 0 saturated heterocycles. The van der Waals surface area contributed by atoms with Crippen LogP contribution in [0.25, 0.3) is 0 Å². The van der Waals surface area contributed by atoms with E-state index >= 15 is 0 Å². The molecule has 1 aliphatic carbocycles. The molecule has 17 heavy (non-hydrogen) atoms. The summed E-state index contributed by atoms with van der Waals surface area (Å²) in [6, 6.07) is 8.19. The van der Waals surface area contributed by atoms with Crippen LogP contribution in [0.3, 0.4) is 0 Å². The number of hydrogen-bond acceptors (Lipinski definition) is 3. The molecule has 0 radical (unpaired) electrons. The van der Waals surface area contributed by atoms with E-state index in [4.69, 9.17) is 10.5 Å². The Balaban J connectivity index is 1.95. The largest absolute Gasteiger partial charge is 0.488 e. The van der Waals surface area contributed by atoms with E-state index in [0.717, 1.165) is 25.0 Å². The maximum atomic E-state index is 9.90. The van der Waals surface area contributed by atoms with E-state index in [0.29, 0.717) is 6.42 Å². The van der Waals surface area contributed by atoms with Crippen molar-refractivity contribution >= 4 is 0 Å². The summed E-state index contributed by atoms with van der Waals surface area (Å²) in [7, 11) is 0. The van der Waals surface area contributed by atoms with E-state index in [1.165, 1.54) is 5.56 Å². The summed E-state index contributed by atoms with van der Waals surface area (Å²) in [5, 5.41) is 9.90. The highest BCUT2D eigenvalue weighted by molar-refractivity contribution is 5.27. The van der Waals surface area contributed by atoms with E-state index in [-0.39, 0.29) is 12.1 Å². The first-order valence-corrected chi connectivity index (χ1v) is 6.38. The van der Waals surface area contributed by atoms with Gasteiger partial charge in [0.25, 0.3) is 0 Å². The van der Waals surface area contributed by atoms with Crippen molar-refractivity contribution in [1.29, 1.82) is 0 Å². The molecule has 1 aliphatic rings.